The van der Waals surface area contributed by atoms with Crippen molar-refractivity contribution in [1.29, 1.82) is 0 Å². The van der Waals surface area contributed by atoms with E-state index in [0.29, 0.717) is 10.8 Å². The highest BCUT2D eigenvalue weighted by Gasteiger charge is 2.16. The van der Waals surface area contributed by atoms with Crippen LogP contribution in [0.4, 0.5) is 0 Å². The van der Waals surface area contributed by atoms with Gasteiger partial charge in [-0.05, 0) is 12.1 Å². The van der Waals surface area contributed by atoms with E-state index in [9.17, 15) is 4.79 Å². The van der Waals surface area contributed by atoms with Crippen LogP contribution in [-0.2, 0) is 4.79 Å². The predicted molar refractivity (Wildman–Crippen MR) is 73.4 cm³/mol. The van der Waals surface area contributed by atoms with E-state index in [1.54, 1.807) is 0 Å². The van der Waals surface area contributed by atoms with E-state index in [0.717, 1.165) is 4.90 Å². The first-order valence-electron chi connectivity index (χ1n) is 5.43. The molecule has 1 aromatic rings. The molecule has 1 unspecified atom stereocenters. The molecule has 0 aromatic heterocycles. The van der Waals surface area contributed by atoms with Gasteiger partial charge in [-0.3, -0.25) is 4.79 Å². The van der Waals surface area contributed by atoms with Gasteiger partial charge in [-0.15, -0.1) is 11.8 Å². The molecule has 0 fully saturated rings. The molecule has 0 saturated heterocycles. The zero-order valence-electron chi connectivity index (χ0n) is 9.94. The van der Waals surface area contributed by atoms with Gasteiger partial charge in [0.25, 0.3) is 0 Å². The molecule has 3 N–H and O–H groups in total. The van der Waals surface area contributed by atoms with Gasteiger partial charge in [-0.1, -0.05) is 37.6 Å². The van der Waals surface area contributed by atoms with Crippen molar-refractivity contribution in [2.45, 2.75) is 30.8 Å². The fourth-order valence-electron chi connectivity index (χ4n) is 1.35. The SMILES string of the molecule is CC(C)NC(CSc1ccccc1Cl)C(N)=O. The Bertz CT molecular complexity index is 385. The largest absolute Gasteiger partial charge is 0.368 e. The maximum atomic E-state index is 11.3. The van der Waals surface area contributed by atoms with Crippen LogP contribution in [0.25, 0.3) is 0 Å². The Morgan fingerprint density at radius 2 is 2.12 bits per heavy atom. The number of amides is 1. The molecule has 5 heteroatoms. The minimum absolute atomic E-state index is 0.222. The highest BCUT2D eigenvalue weighted by molar-refractivity contribution is 7.99. The average molecular weight is 273 g/mol. The molecule has 0 aliphatic rings. The minimum Gasteiger partial charge on any atom is -0.368 e. The van der Waals surface area contributed by atoms with E-state index in [1.165, 1.54) is 11.8 Å². The van der Waals surface area contributed by atoms with Crippen molar-refractivity contribution in [2.24, 2.45) is 5.73 Å². The summed E-state index contributed by atoms with van der Waals surface area (Å²) in [6, 6.07) is 7.45. The van der Waals surface area contributed by atoms with E-state index in [1.807, 2.05) is 38.1 Å². The molecule has 1 amide bonds. The second-order valence-electron chi connectivity index (χ2n) is 4.02. The lowest BCUT2D eigenvalue weighted by atomic mass is 10.3. The highest BCUT2D eigenvalue weighted by Crippen LogP contribution is 2.26. The number of nitrogens with two attached hydrogens (primary N) is 1. The lowest BCUT2D eigenvalue weighted by Gasteiger charge is -2.17. The third-order valence-electron chi connectivity index (χ3n) is 2.12. The molecular weight excluding hydrogens is 256 g/mol. The molecule has 94 valence electrons. The maximum Gasteiger partial charge on any atom is 0.235 e. The predicted octanol–water partition coefficient (Wildman–Crippen LogP) is 2.28. The smallest absolute Gasteiger partial charge is 0.235 e. The van der Waals surface area contributed by atoms with Gasteiger partial charge < -0.3 is 11.1 Å². The molecule has 1 aromatic carbocycles. The van der Waals surface area contributed by atoms with Crippen LogP contribution in [0.5, 0.6) is 0 Å². The number of thioether (sulfide) groups is 1. The Labute approximate surface area is 111 Å². The first-order chi connectivity index (χ1) is 8.00. The van der Waals surface area contributed by atoms with Crippen molar-refractivity contribution in [3.05, 3.63) is 29.3 Å². The molecule has 17 heavy (non-hydrogen) atoms. The monoisotopic (exact) mass is 272 g/mol. The Morgan fingerprint density at radius 1 is 1.47 bits per heavy atom. The normalized spacial score (nSPS) is 12.7. The van der Waals surface area contributed by atoms with E-state index in [4.69, 9.17) is 17.3 Å². The van der Waals surface area contributed by atoms with Crippen LogP contribution in [0.15, 0.2) is 29.2 Å². The summed E-state index contributed by atoms with van der Waals surface area (Å²) < 4.78 is 0. The van der Waals surface area contributed by atoms with E-state index >= 15 is 0 Å². The van der Waals surface area contributed by atoms with Gasteiger partial charge in [-0.25, -0.2) is 0 Å². The zero-order chi connectivity index (χ0) is 12.8. The third-order valence-corrected chi connectivity index (χ3v) is 3.73. The van der Waals surface area contributed by atoms with Gasteiger partial charge in [0.15, 0.2) is 0 Å². The summed E-state index contributed by atoms with van der Waals surface area (Å²) in [5, 5.41) is 3.83. The summed E-state index contributed by atoms with van der Waals surface area (Å²) in [5.74, 6) is 0.246. The molecule has 0 spiro atoms. The van der Waals surface area contributed by atoms with Crippen LogP contribution >= 0.6 is 23.4 Å². The Kier molecular flexibility index (Phi) is 5.82. The summed E-state index contributed by atoms with van der Waals surface area (Å²) >= 11 is 7.57. The Hall–Kier alpha value is -0.710. The van der Waals surface area contributed by atoms with Crippen molar-refractivity contribution < 1.29 is 4.79 Å². The van der Waals surface area contributed by atoms with Crippen molar-refractivity contribution in [1.82, 2.24) is 5.32 Å². The number of primary amides is 1. The first-order valence-corrected chi connectivity index (χ1v) is 6.79. The standard InChI is InChI=1S/C12H17ClN2OS/c1-8(2)15-10(12(14)16)7-17-11-6-4-3-5-9(11)13/h3-6,8,10,15H,7H2,1-2H3,(H2,14,16). The van der Waals surface area contributed by atoms with Crippen molar-refractivity contribution in [2.75, 3.05) is 5.75 Å². The molecule has 0 saturated carbocycles. The van der Waals surface area contributed by atoms with Crippen LogP contribution < -0.4 is 11.1 Å². The molecule has 0 aliphatic carbocycles. The van der Waals surface area contributed by atoms with Gasteiger partial charge in [-0.2, -0.15) is 0 Å². The maximum absolute atomic E-state index is 11.3. The average Bonchev–Trinajstić information content (AvgIpc) is 2.25. The summed E-state index contributed by atoms with van der Waals surface area (Å²) in [6.45, 7) is 3.96. The van der Waals surface area contributed by atoms with E-state index < -0.39 is 0 Å². The highest BCUT2D eigenvalue weighted by atomic mass is 35.5. The van der Waals surface area contributed by atoms with Crippen LogP contribution in [0.3, 0.4) is 0 Å². The number of hydrogen-bond donors (Lipinski definition) is 2. The van der Waals surface area contributed by atoms with Crippen LogP contribution in [0, 0.1) is 0 Å². The van der Waals surface area contributed by atoms with Crippen molar-refractivity contribution in [3.8, 4) is 0 Å². The molecule has 3 nitrogen and oxygen atoms in total. The van der Waals surface area contributed by atoms with Crippen molar-refractivity contribution in [3.63, 3.8) is 0 Å². The fraction of sp³-hybridized carbons (Fsp3) is 0.417. The topological polar surface area (TPSA) is 55.1 Å². The third kappa shape index (κ3) is 4.98. The number of hydrogen-bond acceptors (Lipinski definition) is 3. The van der Waals surface area contributed by atoms with Gasteiger partial charge in [0, 0.05) is 16.7 Å². The second kappa shape index (κ2) is 6.89. The van der Waals surface area contributed by atoms with Gasteiger partial charge in [0.2, 0.25) is 5.91 Å². The van der Waals surface area contributed by atoms with E-state index in [-0.39, 0.29) is 18.0 Å². The van der Waals surface area contributed by atoms with Gasteiger partial charge in [0.1, 0.15) is 0 Å². The molecular formula is C12H17ClN2OS. The first kappa shape index (κ1) is 14.4. The Morgan fingerprint density at radius 3 is 2.65 bits per heavy atom. The van der Waals surface area contributed by atoms with Crippen LogP contribution in [-0.4, -0.2) is 23.7 Å². The van der Waals surface area contributed by atoms with Crippen LogP contribution in [0.1, 0.15) is 13.8 Å². The number of benzene rings is 1. The molecule has 0 radical (unpaired) electrons. The molecule has 1 rings (SSSR count). The Balaban J connectivity index is 2.58. The van der Waals surface area contributed by atoms with Gasteiger partial charge >= 0.3 is 0 Å². The quantitative estimate of drug-likeness (QED) is 0.781. The summed E-state index contributed by atoms with van der Waals surface area (Å²) in [4.78, 5) is 12.2. The van der Waals surface area contributed by atoms with E-state index in [2.05, 4.69) is 5.32 Å². The van der Waals surface area contributed by atoms with Crippen LogP contribution in [0.2, 0.25) is 5.02 Å². The summed E-state index contributed by atoms with van der Waals surface area (Å²) in [5.41, 5.74) is 5.34. The molecule has 0 aliphatic heterocycles. The van der Waals surface area contributed by atoms with Crippen molar-refractivity contribution >= 4 is 29.3 Å². The summed E-state index contributed by atoms with van der Waals surface area (Å²) in [6.07, 6.45) is 0. The lowest BCUT2D eigenvalue weighted by molar-refractivity contribution is -0.119. The number of halogens is 1. The zero-order valence-corrected chi connectivity index (χ0v) is 11.5. The lowest BCUT2D eigenvalue weighted by Crippen LogP contribution is -2.46. The number of rotatable bonds is 6. The molecule has 0 heterocycles. The molecule has 0 bridgehead atoms. The number of nitrogens with one attached hydrogen (secondary N) is 1. The fourth-order valence-corrected chi connectivity index (χ4v) is 2.64. The number of carbonyl (C=O) groups is 1. The van der Waals surface area contributed by atoms with Gasteiger partial charge in [0.05, 0.1) is 11.1 Å². The second-order valence-corrected chi connectivity index (χ2v) is 5.49. The minimum atomic E-state index is -0.337. The summed E-state index contributed by atoms with van der Waals surface area (Å²) in [7, 11) is 0. The molecule has 1 atom stereocenters. The number of carbonyl (C=O) groups excluding carboxylic acids is 1.